The largest absolute Gasteiger partial charge is 0.489 e. The monoisotopic (exact) mass is 370 g/mol. The molecule has 134 valence electrons. The molecule has 0 unspecified atom stereocenters. The fraction of sp³-hybridized carbons (Fsp3) is 0.421. The van der Waals surface area contributed by atoms with Crippen molar-refractivity contribution in [1.82, 2.24) is 14.8 Å². The number of rotatable bonds is 2. The first kappa shape index (κ1) is 16.9. The molecule has 1 aromatic heterocycles. The maximum atomic E-state index is 9.70. The summed E-state index contributed by atoms with van der Waals surface area (Å²) in [5.41, 5.74) is 1.25. The maximum Gasteiger partial charge on any atom is 0.179 e. The Labute approximate surface area is 157 Å². The molecule has 3 heterocycles. The average Bonchev–Trinajstić information content (AvgIpc) is 2.83. The highest BCUT2D eigenvalue weighted by atomic mass is 35.5. The van der Waals surface area contributed by atoms with E-state index in [4.69, 9.17) is 21.1 Å². The molecule has 4 rings (SSSR count). The van der Waals surface area contributed by atoms with Crippen LogP contribution in [0.4, 0.5) is 0 Å². The number of aryl methyl sites for hydroxylation is 1. The van der Waals surface area contributed by atoms with Crippen molar-refractivity contribution in [1.29, 1.82) is 5.26 Å². The van der Waals surface area contributed by atoms with Gasteiger partial charge in [-0.1, -0.05) is 18.0 Å². The van der Waals surface area contributed by atoms with Gasteiger partial charge < -0.3 is 14.0 Å². The Hall–Kier alpha value is -2.52. The van der Waals surface area contributed by atoms with Gasteiger partial charge in [0, 0.05) is 19.4 Å². The molecule has 0 aliphatic carbocycles. The fourth-order valence-electron chi connectivity index (χ4n) is 3.33. The van der Waals surface area contributed by atoms with Crippen LogP contribution in [-0.2, 0) is 13.0 Å². The molecule has 2 aliphatic rings. The summed E-state index contributed by atoms with van der Waals surface area (Å²) in [5.74, 6) is 2.75. The van der Waals surface area contributed by atoms with Gasteiger partial charge in [0.2, 0.25) is 0 Å². The second kappa shape index (κ2) is 7.38. The van der Waals surface area contributed by atoms with E-state index in [-0.39, 0.29) is 0 Å². The van der Waals surface area contributed by atoms with Crippen molar-refractivity contribution >= 4 is 23.3 Å². The lowest BCUT2D eigenvalue weighted by Gasteiger charge is -2.10. The summed E-state index contributed by atoms with van der Waals surface area (Å²) in [6, 6.07) is 5.89. The summed E-state index contributed by atoms with van der Waals surface area (Å²) in [7, 11) is 0. The molecule has 0 spiro atoms. The van der Waals surface area contributed by atoms with Crippen LogP contribution in [0.25, 0.3) is 11.6 Å². The third-order valence-electron chi connectivity index (χ3n) is 4.61. The van der Waals surface area contributed by atoms with Gasteiger partial charge in [-0.2, -0.15) is 5.26 Å². The van der Waals surface area contributed by atoms with Crippen molar-refractivity contribution in [3.63, 3.8) is 0 Å². The molecule has 2 aliphatic heterocycles. The van der Waals surface area contributed by atoms with Gasteiger partial charge in [0.1, 0.15) is 11.9 Å². The molecule has 2 aromatic rings. The molecular weight excluding hydrogens is 352 g/mol. The number of benzene rings is 1. The molecular formula is C19H19ClN4O2. The van der Waals surface area contributed by atoms with Crippen LogP contribution >= 0.6 is 11.6 Å². The van der Waals surface area contributed by atoms with E-state index in [0.29, 0.717) is 41.1 Å². The van der Waals surface area contributed by atoms with Crippen LogP contribution < -0.4 is 9.47 Å². The summed E-state index contributed by atoms with van der Waals surface area (Å²) < 4.78 is 13.4. The lowest BCUT2D eigenvalue weighted by molar-refractivity contribution is 0.297. The first-order valence-corrected chi connectivity index (χ1v) is 9.27. The standard InChI is InChI=1S/C19H19ClN4O2/c20-15-10-13(11-16-18(15)26-8-4-7-25-16)9-14(12-21)19-23-22-17-5-2-1-3-6-24(17)19/h9-11H,1-8H2. The van der Waals surface area contributed by atoms with Gasteiger partial charge in [0.05, 0.1) is 23.8 Å². The highest BCUT2D eigenvalue weighted by Gasteiger charge is 2.19. The maximum absolute atomic E-state index is 9.70. The van der Waals surface area contributed by atoms with E-state index in [1.807, 2.05) is 6.07 Å². The normalized spacial score (nSPS) is 17.0. The summed E-state index contributed by atoms with van der Waals surface area (Å²) in [4.78, 5) is 0. The van der Waals surface area contributed by atoms with E-state index in [9.17, 15) is 5.26 Å². The van der Waals surface area contributed by atoms with E-state index in [2.05, 4.69) is 20.8 Å². The highest BCUT2D eigenvalue weighted by Crippen LogP contribution is 2.38. The SMILES string of the molecule is N#CC(=Cc1cc(Cl)c2c(c1)OCCCO2)c1nnc2n1CCCCC2. The van der Waals surface area contributed by atoms with Crippen molar-refractivity contribution < 1.29 is 9.47 Å². The number of halogens is 1. The van der Waals surface area contributed by atoms with Crippen LogP contribution in [0.1, 0.15) is 42.9 Å². The minimum atomic E-state index is 0.469. The highest BCUT2D eigenvalue weighted by molar-refractivity contribution is 6.32. The van der Waals surface area contributed by atoms with E-state index in [1.165, 1.54) is 6.42 Å². The van der Waals surface area contributed by atoms with E-state index in [0.717, 1.165) is 43.6 Å². The van der Waals surface area contributed by atoms with Crippen molar-refractivity contribution in [2.45, 2.75) is 38.6 Å². The van der Waals surface area contributed by atoms with Crippen molar-refractivity contribution in [2.75, 3.05) is 13.2 Å². The minimum Gasteiger partial charge on any atom is -0.489 e. The van der Waals surface area contributed by atoms with Crippen LogP contribution in [0.15, 0.2) is 12.1 Å². The zero-order valence-electron chi connectivity index (χ0n) is 14.4. The molecule has 0 saturated heterocycles. The zero-order valence-corrected chi connectivity index (χ0v) is 15.1. The van der Waals surface area contributed by atoms with Crippen LogP contribution in [0.5, 0.6) is 11.5 Å². The van der Waals surface area contributed by atoms with E-state index < -0.39 is 0 Å². The van der Waals surface area contributed by atoms with Gasteiger partial charge in [-0.15, -0.1) is 10.2 Å². The number of fused-ring (bicyclic) bond motifs is 2. The summed E-state index contributed by atoms with van der Waals surface area (Å²) in [5, 5.41) is 18.7. The molecule has 0 amide bonds. The Morgan fingerprint density at radius 1 is 1.15 bits per heavy atom. The Morgan fingerprint density at radius 2 is 2.04 bits per heavy atom. The average molecular weight is 371 g/mol. The molecule has 7 heteroatoms. The lowest BCUT2D eigenvalue weighted by atomic mass is 10.1. The topological polar surface area (TPSA) is 73.0 Å². The number of allylic oxidation sites excluding steroid dienone is 1. The molecule has 0 N–H and O–H groups in total. The van der Waals surface area contributed by atoms with Crippen LogP contribution in [0.3, 0.4) is 0 Å². The first-order valence-electron chi connectivity index (χ1n) is 8.89. The van der Waals surface area contributed by atoms with Crippen molar-refractivity contribution in [2.24, 2.45) is 0 Å². The molecule has 0 bridgehead atoms. The quantitative estimate of drug-likeness (QED) is 0.750. The summed E-state index contributed by atoms with van der Waals surface area (Å²) >= 11 is 6.36. The predicted molar refractivity (Wildman–Crippen MR) is 98.1 cm³/mol. The van der Waals surface area contributed by atoms with Crippen LogP contribution in [-0.4, -0.2) is 28.0 Å². The zero-order chi connectivity index (χ0) is 17.9. The molecule has 0 saturated carbocycles. The second-order valence-corrected chi connectivity index (χ2v) is 6.86. The van der Waals surface area contributed by atoms with E-state index in [1.54, 1.807) is 12.1 Å². The third kappa shape index (κ3) is 3.27. The van der Waals surface area contributed by atoms with Crippen molar-refractivity contribution in [3.05, 3.63) is 34.4 Å². The smallest absolute Gasteiger partial charge is 0.179 e. The summed E-state index contributed by atoms with van der Waals surface area (Å²) in [6.45, 7) is 2.01. The number of hydrogen-bond acceptors (Lipinski definition) is 5. The minimum absolute atomic E-state index is 0.469. The van der Waals surface area contributed by atoms with Crippen molar-refractivity contribution in [3.8, 4) is 17.6 Å². The molecule has 0 radical (unpaired) electrons. The Balaban J connectivity index is 1.73. The van der Waals surface area contributed by atoms with Gasteiger partial charge in [-0.3, -0.25) is 0 Å². The van der Waals surface area contributed by atoms with Gasteiger partial charge in [-0.05, 0) is 36.6 Å². The number of nitrogens with zero attached hydrogens (tertiary/aromatic N) is 4. The van der Waals surface area contributed by atoms with Crippen LogP contribution in [0.2, 0.25) is 5.02 Å². The third-order valence-corrected chi connectivity index (χ3v) is 4.89. The van der Waals surface area contributed by atoms with Gasteiger partial charge in [-0.25, -0.2) is 0 Å². The second-order valence-electron chi connectivity index (χ2n) is 6.45. The molecule has 6 nitrogen and oxygen atoms in total. The number of ether oxygens (including phenoxy) is 2. The Kier molecular flexibility index (Phi) is 4.81. The number of hydrogen-bond donors (Lipinski definition) is 0. The molecule has 26 heavy (non-hydrogen) atoms. The molecule has 1 aromatic carbocycles. The first-order chi connectivity index (χ1) is 12.8. The lowest BCUT2D eigenvalue weighted by Crippen LogP contribution is -2.05. The molecule has 0 fully saturated rings. The Morgan fingerprint density at radius 3 is 2.92 bits per heavy atom. The molecule has 0 atom stereocenters. The van der Waals surface area contributed by atoms with Gasteiger partial charge in [0.25, 0.3) is 0 Å². The van der Waals surface area contributed by atoms with Gasteiger partial charge in [0.15, 0.2) is 17.3 Å². The number of nitriles is 1. The fourth-order valence-corrected chi connectivity index (χ4v) is 3.61. The Bertz CT molecular complexity index is 898. The predicted octanol–water partition coefficient (Wildman–Crippen LogP) is 3.88. The van der Waals surface area contributed by atoms with E-state index >= 15 is 0 Å². The van der Waals surface area contributed by atoms with Gasteiger partial charge >= 0.3 is 0 Å². The number of aromatic nitrogens is 3. The van der Waals surface area contributed by atoms with Crippen LogP contribution in [0, 0.1) is 11.3 Å². The summed E-state index contributed by atoms with van der Waals surface area (Å²) in [6.07, 6.45) is 6.86.